The lowest BCUT2D eigenvalue weighted by Crippen LogP contribution is -2.37. The monoisotopic (exact) mass is 1370 g/mol. The number of alkyl halides is 21. The number of halogens is 21. The minimum atomic E-state index is -4.50. The van der Waals surface area contributed by atoms with Crippen molar-refractivity contribution in [1.82, 2.24) is 0 Å². The molecule has 4 saturated carbocycles. The van der Waals surface area contributed by atoms with E-state index >= 15 is 0 Å². The Morgan fingerprint density at radius 1 is 0.363 bits per heavy atom. The van der Waals surface area contributed by atoms with Crippen LogP contribution in [0.5, 0.6) is 0 Å². The molecule has 0 aliphatic heterocycles. The van der Waals surface area contributed by atoms with Gasteiger partial charge < -0.3 is 0 Å². The maximum atomic E-state index is 12.4. The largest absolute Gasteiger partial charge is 0.392 e. The van der Waals surface area contributed by atoms with Crippen LogP contribution in [0.25, 0.3) is 0 Å². The molecule has 0 radical (unpaired) electrons. The van der Waals surface area contributed by atoms with Gasteiger partial charge >= 0.3 is 43.2 Å². The summed E-state index contributed by atoms with van der Waals surface area (Å²) in [5.41, 5.74) is 0.863. The van der Waals surface area contributed by atoms with E-state index in [1.54, 1.807) is 34.6 Å². The summed E-state index contributed by atoms with van der Waals surface area (Å²) in [5.74, 6) is -8.49. The Morgan fingerprint density at radius 3 is 0.857 bits per heavy atom. The molecule has 11 unspecified atom stereocenters. The predicted octanol–water partition coefficient (Wildman–Crippen LogP) is 30.0. The maximum absolute atomic E-state index is 12.4. The van der Waals surface area contributed by atoms with Crippen molar-refractivity contribution in [2.24, 2.45) is 105 Å². The van der Waals surface area contributed by atoms with Gasteiger partial charge in [0.25, 0.3) is 0 Å². The average molecular weight is 1370 g/mol. The van der Waals surface area contributed by atoms with Crippen LogP contribution in [0.3, 0.4) is 0 Å². The van der Waals surface area contributed by atoms with E-state index in [4.69, 9.17) is 2.74 Å². The summed E-state index contributed by atoms with van der Waals surface area (Å²) in [6, 6.07) is 0. The van der Waals surface area contributed by atoms with Gasteiger partial charge in [0.2, 0.25) is 0 Å². The molecule has 21 heteroatoms. The SMILES string of the molecule is CC1CC(C(F)(F)F)CC(C(F)(F)F)C1.CC1CC(C)C(C(F)(F)F)C1.CC1CCC(C(F)(F)F)[C@@H]1C.CC1CCCC(C(F)(F)F)[C@@H]1C.CCC(C)(C)C.CCC(C)C(F)(F)F.CCCC(C)(C)C.CCCC(C)C.CCCC(C)C(F)(F)F.[2H]C([2H])(C)C(C)(C)C. The van der Waals surface area contributed by atoms with Gasteiger partial charge in [0.05, 0.1) is 41.4 Å². The van der Waals surface area contributed by atoms with E-state index < -0.39 is 103 Å². The van der Waals surface area contributed by atoms with Crippen molar-refractivity contribution in [2.75, 3.05) is 0 Å². The maximum Gasteiger partial charge on any atom is 0.392 e. The highest BCUT2D eigenvalue weighted by Crippen LogP contribution is 2.49. The molecule has 4 aliphatic rings. The van der Waals surface area contributed by atoms with Gasteiger partial charge in [-0.25, -0.2) is 0 Å². The van der Waals surface area contributed by atoms with Crippen molar-refractivity contribution < 1.29 is 94.9 Å². The van der Waals surface area contributed by atoms with Crippen molar-refractivity contribution in [3.8, 4) is 0 Å². The topological polar surface area (TPSA) is 0 Å². The van der Waals surface area contributed by atoms with Crippen LogP contribution in [0.2, 0.25) is 0 Å². The molecule has 0 saturated heterocycles. The van der Waals surface area contributed by atoms with E-state index in [2.05, 4.69) is 76.2 Å². The molecule has 13 atom stereocenters. The third-order valence-electron chi connectivity index (χ3n) is 17.5. The molecule has 4 rings (SSSR count). The molecule has 0 aromatic rings. The summed E-state index contributed by atoms with van der Waals surface area (Å²) in [7, 11) is 0. The van der Waals surface area contributed by atoms with Crippen molar-refractivity contribution in [1.29, 1.82) is 0 Å². The van der Waals surface area contributed by atoms with Crippen LogP contribution in [-0.4, -0.2) is 43.2 Å². The first-order valence-electron chi connectivity index (χ1n) is 34.4. The highest BCUT2D eigenvalue weighted by Gasteiger charge is 2.52. The molecule has 0 aromatic heterocycles. The Balaban J connectivity index is -0.000000229. The Morgan fingerprint density at radius 2 is 0.703 bits per heavy atom. The van der Waals surface area contributed by atoms with E-state index in [9.17, 15) is 92.2 Å². The Kier molecular flexibility index (Phi) is 47.6. The van der Waals surface area contributed by atoms with Gasteiger partial charge in [0.1, 0.15) is 0 Å². The smallest absolute Gasteiger partial charge is 0.171 e. The van der Waals surface area contributed by atoms with Gasteiger partial charge in [0, 0.05) is 2.74 Å². The van der Waals surface area contributed by atoms with Crippen LogP contribution in [0.4, 0.5) is 92.2 Å². The van der Waals surface area contributed by atoms with Gasteiger partial charge in [-0.15, -0.1) is 0 Å². The second-order valence-electron chi connectivity index (χ2n) is 30.5. The molecule has 0 aromatic carbocycles. The normalized spacial score (nSPS) is 26.9. The van der Waals surface area contributed by atoms with Gasteiger partial charge in [-0.1, -0.05) is 231 Å². The van der Waals surface area contributed by atoms with Crippen molar-refractivity contribution in [2.45, 2.75) is 345 Å². The fraction of sp³-hybridized carbons (Fsp3) is 1.00. The van der Waals surface area contributed by atoms with Crippen molar-refractivity contribution in [3.63, 3.8) is 0 Å². The summed E-state index contributed by atoms with van der Waals surface area (Å²) < 4.78 is 268. The zero-order valence-corrected chi connectivity index (χ0v) is 60.8. The second kappa shape index (κ2) is 45.2. The number of hydrogen-bond acceptors (Lipinski definition) is 0. The molecule has 4 fully saturated rings. The van der Waals surface area contributed by atoms with E-state index in [0.29, 0.717) is 36.5 Å². The zero-order valence-electron chi connectivity index (χ0n) is 62.8. The first kappa shape index (κ1) is 95.9. The van der Waals surface area contributed by atoms with Gasteiger partial charge in [-0.05, 0) is 134 Å². The first-order chi connectivity index (χ1) is 41.0. The van der Waals surface area contributed by atoms with E-state index in [1.165, 1.54) is 59.8 Å². The molecule has 0 heterocycles. The van der Waals surface area contributed by atoms with Crippen molar-refractivity contribution in [3.05, 3.63) is 0 Å². The average Bonchev–Trinajstić information content (AvgIpc) is 1.07. The van der Waals surface area contributed by atoms with E-state index in [0.717, 1.165) is 31.6 Å². The van der Waals surface area contributed by atoms with Crippen molar-refractivity contribution >= 4 is 0 Å². The molecule has 0 bridgehead atoms. The fourth-order valence-corrected chi connectivity index (χ4v) is 10.2. The van der Waals surface area contributed by atoms with Gasteiger partial charge in [-0.2, -0.15) is 92.2 Å². The molecule has 91 heavy (non-hydrogen) atoms. The van der Waals surface area contributed by atoms with Gasteiger partial charge in [-0.3, -0.25) is 0 Å². The van der Waals surface area contributed by atoms with Crippen LogP contribution in [0.1, 0.15) is 305 Å². The summed E-state index contributed by atoms with van der Waals surface area (Å²) in [6.07, 6.45) is -19.4. The lowest BCUT2D eigenvalue weighted by molar-refractivity contribution is -0.227. The predicted molar refractivity (Wildman–Crippen MR) is 337 cm³/mol. The van der Waals surface area contributed by atoms with E-state index in [-0.39, 0.29) is 66.6 Å². The third kappa shape index (κ3) is 55.3. The lowest BCUT2D eigenvalue weighted by atomic mass is 9.73. The molecule has 0 nitrogen and oxygen atoms in total. The zero-order chi connectivity index (χ0) is 75.9. The number of hydrogen-bond donors (Lipinski definition) is 0. The highest BCUT2D eigenvalue weighted by molar-refractivity contribution is 4.86. The molecule has 0 amide bonds. The first-order valence-corrected chi connectivity index (χ1v) is 33.4. The highest BCUT2D eigenvalue weighted by atomic mass is 19.4. The van der Waals surface area contributed by atoms with Gasteiger partial charge in [0.15, 0.2) is 0 Å². The molecule has 0 spiro atoms. The Hall–Kier alpha value is -1.47. The summed E-state index contributed by atoms with van der Waals surface area (Å²) in [4.78, 5) is 0. The molecule has 0 N–H and O–H groups in total. The quantitative estimate of drug-likeness (QED) is 0.233. The summed E-state index contributed by atoms with van der Waals surface area (Å²) in [6.45, 7) is 50.0. The molecular weight excluding hydrogens is 1240 g/mol. The Labute approximate surface area is 543 Å². The van der Waals surface area contributed by atoms with E-state index in [1.807, 2.05) is 41.5 Å². The molecule has 4 aliphatic carbocycles. The van der Waals surface area contributed by atoms with Crippen LogP contribution >= 0.6 is 0 Å². The van der Waals surface area contributed by atoms with Crippen LogP contribution in [0.15, 0.2) is 0 Å². The molecule has 558 valence electrons. The minimum absolute atomic E-state index is 0.170. The fourth-order valence-electron chi connectivity index (χ4n) is 10.2. The minimum Gasteiger partial charge on any atom is -0.171 e. The van der Waals surface area contributed by atoms with Crippen LogP contribution in [0, 0.1) is 105 Å². The second-order valence-corrected chi connectivity index (χ2v) is 30.5. The molecular formula is C70H131F21. The third-order valence-corrected chi connectivity index (χ3v) is 17.5. The Bertz CT molecular complexity index is 1740. The summed E-state index contributed by atoms with van der Waals surface area (Å²) in [5, 5.41) is 0. The van der Waals surface area contributed by atoms with Crippen LogP contribution in [-0.2, 0) is 0 Å². The lowest BCUT2D eigenvalue weighted by Gasteiger charge is -2.35. The summed E-state index contributed by atoms with van der Waals surface area (Å²) >= 11 is 0. The number of rotatable bonds is 6. The van der Waals surface area contributed by atoms with Crippen LogP contribution < -0.4 is 0 Å². The standard InChI is InChI=1S/C9H12F6.C9H15F3.2C8H13F3.C7H16.C6H11F3.3C6H14.C5H9F3/c1-5-2-6(8(10,11)12)4-7(3-5)9(13,14)15;1-6-4-3-5-8(7(6)2)9(10,11)12;1-5-3-6(2)7(4-5)8(9,10)11;1-5-3-4-7(6(5)2)8(9,10)11;1-5-6-7(2,3)4;1-3-4-5(2)6(7,8)9;2*1-5-6(2,3)4;1-4-5-6(2)3;1-3-4(2)5(6,7)8/h5-7H,2-4H2,1H3;6-8H,3-5H2,1-2H3;2*5-7H,3-4H2,1-2H3;5-6H2,1-4H3;5H,3-4H2,1-2H3;2*5H2,1-4H3;6H,4-5H2,1-3H3;4H,3H2,1-2H3/t;6?,7-,8?;;5?,6-,7?;;;;;;/m.1.1....../s1/i;;;;;;5D2;;;.